The lowest BCUT2D eigenvalue weighted by molar-refractivity contribution is -0.384. The van der Waals surface area contributed by atoms with Crippen molar-refractivity contribution in [3.8, 4) is 0 Å². The number of nitrogens with zero attached hydrogens (tertiary/aromatic N) is 2. The number of carbonyl (C=O) groups excluding carboxylic acids is 1. The Kier molecular flexibility index (Phi) is 3.99. The minimum atomic E-state index is -0.456. The first-order valence-electron chi connectivity index (χ1n) is 7.45. The van der Waals surface area contributed by atoms with Gasteiger partial charge in [0, 0.05) is 17.7 Å². The minimum Gasteiger partial charge on any atom is -0.342 e. The molecule has 0 aliphatic carbocycles. The summed E-state index contributed by atoms with van der Waals surface area (Å²) in [6.07, 6.45) is 0. The number of H-pyrrole nitrogens is 1. The topological polar surface area (TPSA) is 101 Å². The minimum absolute atomic E-state index is 0.00551. The molecule has 122 valence electrons. The summed E-state index contributed by atoms with van der Waals surface area (Å²) < 4.78 is 0. The van der Waals surface area contributed by atoms with E-state index in [9.17, 15) is 14.9 Å². The van der Waals surface area contributed by atoms with Gasteiger partial charge in [-0.05, 0) is 32.0 Å². The Hall–Kier alpha value is -3.22. The van der Waals surface area contributed by atoms with E-state index in [4.69, 9.17) is 0 Å². The van der Waals surface area contributed by atoms with Gasteiger partial charge in [0.25, 0.3) is 11.6 Å². The van der Waals surface area contributed by atoms with E-state index in [-0.39, 0.29) is 17.6 Å². The molecule has 2 N–H and O–H groups in total. The highest BCUT2D eigenvalue weighted by atomic mass is 16.6. The van der Waals surface area contributed by atoms with Crippen molar-refractivity contribution >= 4 is 22.6 Å². The fourth-order valence-corrected chi connectivity index (χ4v) is 2.39. The molecule has 1 unspecified atom stereocenters. The van der Waals surface area contributed by atoms with Gasteiger partial charge in [0.05, 0.1) is 22.0 Å². The van der Waals surface area contributed by atoms with E-state index in [2.05, 4.69) is 15.3 Å². The molecule has 0 spiro atoms. The molecular weight excluding hydrogens is 308 g/mol. The summed E-state index contributed by atoms with van der Waals surface area (Å²) in [4.78, 5) is 30.0. The van der Waals surface area contributed by atoms with Crippen LogP contribution in [-0.2, 0) is 0 Å². The van der Waals surface area contributed by atoms with Gasteiger partial charge in [-0.2, -0.15) is 0 Å². The summed E-state index contributed by atoms with van der Waals surface area (Å²) in [6.45, 7) is 3.76. The highest BCUT2D eigenvalue weighted by Crippen LogP contribution is 2.21. The maximum absolute atomic E-state index is 12.3. The molecule has 24 heavy (non-hydrogen) atoms. The van der Waals surface area contributed by atoms with Crippen LogP contribution in [0.1, 0.15) is 34.7 Å². The Morgan fingerprint density at radius 3 is 2.62 bits per heavy atom. The van der Waals surface area contributed by atoms with E-state index in [0.717, 1.165) is 5.56 Å². The van der Waals surface area contributed by atoms with Crippen LogP contribution in [0.2, 0.25) is 0 Å². The van der Waals surface area contributed by atoms with Crippen LogP contribution < -0.4 is 5.32 Å². The quantitative estimate of drug-likeness (QED) is 0.568. The fraction of sp³-hybridized carbons (Fsp3) is 0.176. The van der Waals surface area contributed by atoms with Crippen LogP contribution in [0.5, 0.6) is 0 Å². The molecule has 0 saturated heterocycles. The molecule has 1 atom stereocenters. The van der Waals surface area contributed by atoms with Crippen molar-refractivity contribution in [2.75, 3.05) is 0 Å². The van der Waals surface area contributed by atoms with Crippen molar-refractivity contribution in [1.82, 2.24) is 15.3 Å². The third kappa shape index (κ3) is 3.10. The van der Waals surface area contributed by atoms with Gasteiger partial charge in [0.15, 0.2) is 0 Å². The molecule has 1 aromatic heterocycles. The van der Waals surface area contributed by atoms with Crippen molar-refractivity contribution in [1.29, 1.82) is 0 Å². The van der Waals surface area contributed by atoms with Gasteiger partial charge < -0.3 is 10.3 Å². The Labute approximate surface area is 137 Å². The van der Waals surface area contributed by atoms with Crippen LogP contribution in [0, 0.1) is 17.0 Å². The van der Waals surface area contributed by atoms with Crippen LogP contribution >= 0.6 is 0 Å². The predicted molar refractivity (Wildman–Crippen MR) is 89.8 cm³/mol. The average Bonchev–Trinajstić information content (AvgIpc) is 2.98. The molecule has 1 amide bonds. The Morgan fingerprint density at radius 2 is 1.96 bits per heavy atom. The van der Waals surface area contributed by atoms with Crippen LogP contribution in [0.3, 0.4) is 0 Å². The Balaban J connectivity index is 1.80. The lowest BCUT2D eigenvalue weighted by Crippen LogP contribution is -2.27. The third-order valence-corrected chi connectivity index (χ3v) is 3.77. The number of nitro benzene ring substituents is 1. The maximum atomic E-state index is 12.3. The van der Waals surface area contributed by atoms with Gasteiger partial charge in [0.1, 0.15) is 5.82 Å². The van der Waals surface area contributed by atoms with Gasteiger partial charge in [-0.3, -0.25) is 14.9 Å². The average molecular weight is 324 g/mol. The first kappa shape index (κ1) is 15.7. The van der Waals surface area contributed by atoms with Crippen LogP contribution in [0.4, 0.5) is 5.69 Å². The lowest BCUT2D eigenvalue weighted by atomic mass is 10.1. The monoisotopic (exact) mass is 324 g/mol. The molecule has 0 radical (unpaired) electrons. The number of benzene rings is 2. The smallest absolute Gasteiger partial charge is 0.271 e. The van der Waals surface area contributed by atoms with E-state index in [0.29, 0.717) is 22.4 Å². The van der Waals surface area contributed by atoms with Crippen LogP contribution in [-0.4, -0.2) is 20.8 Å². The molecule has 2 aromatic carbocycles. The number of non-ortho nitro benzene ring substituents is 1. The zero-order valence-electron chi connectivity index (χ0n) is 13.2. The molecular formula is C17H16N4O3. The van der Waals surface area contributed by atoms with Crippen LogP contribution in [0.15, 0.2) is 42.5 Å². The molecule has 3 rings (SSSR count). The number of nitrogens with one attached hydrogen (secondary N) is 2. The first-order chi connectivity index (χ1) is 11.4. The van der Waals surface area contributed by atoms with Gasteiger partial charge >= 0.3 is 0 Å². The molecule has 0 saturated carbocycles. The summed E-state index contributed by atoms with van der Waals surface area (Å²) >= 11 is 0. The van der Waals surface area contributed by atoms with Gasteiger partial charge in [-0.1, -0.05) is 17.7 Å². The number of nitro groups is 1. The van der Waals surface area contributed by atoms with E-state index in [1.807, 2.05) is 19.1 Å². The van der Waals surface area contributed by atoms with E-state index < -0.39 is 4.92 Å². The summed E-state index contributed by atoms with van der Waals surface area (Å²) in [5, 5.41) is 13.7. The SMILES string of the molecule is Cc1ccc(C(=O)NC(C)c2nc3ccc([N+](=O)[O-])cc3[nH]2)cc1. The second-order valence-electron chi connectivity index (χ2n) is 5.64. The number of imidazole rings is 1. The number of carbonyl (C=O) groups is 1. The molecule has 0 bridgehead atoms. The zero-order valence-corrected chi connectivity index (χ0v) is 13.2. The molecule has 7 nitrogen and oxygen atoms in total. The first-order valence-corrected chi connectivity index (χ1v) is 7.45. The lowest BCUT2D eigenvalue weighted by Gasteiger charge is -2.11. The zero-order chi connectivity index (χ0) is 17.3. The van der Waals surface area contributed by atoms with Crippen molar-refractivity contribution in [2.45, 2.75) is 19.9 Å². The predicted octanol–water partition coefficient (Wildman–Crippen LogP) is 3.27. The van der Waals surface area contributed by atoms with Crippen LogP contribution in [0.25, 0.3) is 11.0 Å². The largest absolute Gasteiger partial charge is 0.342 e. The standard InChI is InChI=1S/C17H16N4O3/c1-10-3-5-12(6-4-10)17(22)18-11(2)16-19-14-8-7-13(21(23)24)9-15(14)20-16/h3-9,11H,1-2H3,(H,18,22)(H,19,20). The molecule has 3 aromatic rings. The number of amides is 1. The highest BCUT2D eigenvalue weighted by molar-refractivity contribution is 5.94. The van der Waals surface area contributed by atoms with E-state index in [1.54, 1.807) is 25.1 Å². The van der Waals surface area contributed by atoms with Crippen molar-refractivity contribution in [3.05, 3.63) is 69.5 Å². The highest BCUT2D eigenvalue weighted by Gasteiger charge is 2.16. The number of aromatic nitrogens is 2. The second-order valence-corrected chi connectivity index (χ2v) is 5.64. The van der Waals surface area contributed by atoms with Crippen molar-refractivity contribution in [2.24, 2.45) is 0 Å². The maximum Gasteiger partial charge on any atom is 0.271 e. The van der Waals surface area contributed by atoms with E-state index in [1.165, 1.54) is 12.1 Å². The number of rotatable bonds is 4. The molecule has 7 heteroatoms. The second kappa shape index (κ2) is 6.11. The fourth-order valence-electron chi connectivity index (χ4n) is 2.39. The molecule has 0 aliphatic rings. The third-order valence-electron chi connectivity index (χ3n) is 3.77. The molecule has 0 fully saturated rings. The number of hydrogen-bond acceptors (Lipinski definition) is 4. The number of aryl methyl sites for hydroxylation is 1. The summed E-state index contributed by atoms with van der Waals surface area (Å²) in [6, 6.07) is 11.3. The summed E-state index contributed by atoms with van der Waals surface area (Å²) in [5.74, 6) is 0.347. The number of fused-ring (bicyclic) bond motifs is 1. The molecule has 0 aliphatic heterocycles. The van der Waals surface area contributed by atoms with Gasteiger partial charge in [0.2, 0.25) is 0 Å². The van der Waals surface area contributed by atoms with Gasteiger partial charge in [-0.25, -0.2) is 4.98 Å². The Bertz CT molecular complexity index is 915. The summed E-state index contributed by atoms with van der Waals surface area (Å²) in [5.41, 5.74) is 2.83. The molecule has 1 heterocycles. The summed E-state index contributed by atoms with van der Waals surface area (Å²) in [7, 11) is 0. The normalized spacial score (nSPS) is 12.1. The van der Waals surface area contributed by atoms with Crippen molar-refractivity contribution in [3.63, 3.8) is 0 Å². The van der Waals surface area contributed by atoms with E-state index >= 15 is 0 Å². The Morgan fingerprint density at radius 1 is 1.25 bits per heavy atom. The number of aromatic amines is 1. The number of hydrogen-bond donors (Lipinski definition) is 2. The van der Waals surface area contributed by atoms with Crippen molar-refractivity contribution < 1.29 is 9.72 Å². The van der Waals surface area contributed by atoms with Gasteiger partial charge in [-0.15, -0.1) is 0 Å².